The number of hydrogen-bond acceptors (Lipinski definition) is 2. The normalized spacial score (nSPS) is 14.2. The molecule has 2 atom stereocenters. The summed E-state index contributed by atoms with van der Waals surface area (Å²) in [4.78, 5) is 11.0. The molecule has 3 nitrogen and oxygen atoms in total. The second kappa shape index (κ2) is 6.85. The maximum atomic E-state index is 13.7. The quantitative estimate of drug-likeness (QED) is 0.844. The lowest BCUT2D eigenvalue weighted by Gasteiger charge is -2.20. The number of carboxylic acid groups (broad SMARTS) is 1. The maximum absolute atomic E-state index is 13.7. The fourth-order valence-electron chi connectivity index (χ4n) is 1.81. The zero-order chi connectivity index (χ0) is 13.7. The van der Waals surface area contributed by atoms with Crippen molar-refractivity contribution >= 4 is 21.9 Å². The molecule has 0 spiro atoms. The first kappa shape index (κ1) is 15.1. The van der Waals surface area contributed by atoms with Crippen LogP contribution >= 0.6 is 15.9 Å². The van der Waals surface area contributed by atoms with Gasteiger partial charge in [-0.3, -0.25) is 10.1 Å². The highest BCUT2D eigenvalue weighted by Crippen LogP contribution is 2.21. The Morgan fingerprint density at radius 1 is 1.56 bits per heavy atom. The summed E-state index contributed by atoms with van der Waals surface area (Å²) in [6.45, 7) is 3.68. The molecule has 5 heteroatoms. The summed E-state index contributed by atoms with van der Waals surface area (Å²) in [5, 5.41) is 12.0. The second-order valence-corrected chi connectivity index (χ2v) is 5.15. The molecule has 18 heavy (non-hydrogen) atoms. The highest BCUT2D eigenvalue weighted by molar-refractivity contribution is 9.10. The van der Waals surface area contributed by atoms with Gasteiger partial charge in [0, 0.05) is 16.1 Å². The molecule has 1 aromatic rings. The topological polar surface area (TPSA) is 49.3 Å². The highest BCUT2D eigenvalue weighted by Gasteiger charge is 2.20. The molecule has 0 aliphatic heterocycles. The SMILES string of the molecule is CCCC(NC(C)c1ccc(Br)cc1F)C(=O)O. The summed E-state index contributed by atoms with van der Waals surface area (Å²) < 4.78 is 14.4. The molecule has 0 saturated heterocycles. The van der Waals surface area contributed by atoms with Gasteiger partial charge in [-0.25, -0.2) is 4.39 Å². The van der Waals surface area contributed by atoms with Crippen molar-refractivity contribution in [3.8, 4) is 0 Å². The molecule has 0 bridgehead atoms. The van der Waals surface area contributed by atoms with E-state index >= 15 is 0 Å². The van der Waals surface area contributed by atoms with E-state index in [4.69, 9.17) is 5.11 Å². The van der Waals surface area contributed by atoms with Crippen LogP contribution in [0.25, 0.3) is 0 Å². The van der Waals surface area contributed by atoms with Gasteiger partial charge in [0.25, 0.3) is 0 Å². The van der Waals surface area contributed by atoms with Crippen molar-refractivity contribution in [3.05, 3.63) is 34.1 Å². The summed E-state index contributed by atoms with van der Waals surface area (Å²) in [5.41, 5.74) is 0.473. The monoisotopic (exact) mass is 317 g/mol. The Labute approximate surface area is 115 Å². The molecule has 0 aliphatic rings. The molecule has 100 valence electrons. The fraction of sp³-hybridized carbons (Fsp3) is 0.462. The van der Waals surface area contributed by atoms with Crippen LogP contribution < -0.4 is 5.32 Å². The van der Waals surface area contributed by atoms with Gasteiger partial charge >= 0.3 is 5.97 Å². The van der Waals surface area contributed by atoms with Gasteiger partial charge in [0.1, 0.15) is 11.9 Å². The smallest absolute Gasteiger partial charge is 0.320 e. The van der Waals surface area contributed by atoms with Crippen LogP contribution in [0.3, 0.4) is 0 Å². The van der Waals surface area contributed by atoms with E-state index in [2.05, 4.69) is 21.2 Å². The number of carbonyl (C=O) groups is 1. The third-order valence-corrected chi connectivity index (χ3v) is 3.25. The molecule has 1 aromatic carbocycles. The van der Waals surface area contributed by atoms with Crippen LogP contribution in [0.1, 0.15) is 38.3 Å². The Morgan fingerprint density at radius 3 is 2.72 bits per heavy atom. The predicted octanol–water partition coefficient (Wildman–Crippen LogP) is 3.49. The van der Waals surface area contributed by atoms with Crippen LogP contribution in [0.4, 0.5) is 4.39 Å². The molecular weight excluding hydrogens is 301 g/mol. The third-order valence-electron chi connectivity index (χ3n) is 2.76. The number of benzene rings is 1. The van der Waals surface area contributed by atoms with Gasteiger partial charge in [-0.2, -0.15) is 0 Å². The Hall–Kier alpha value is -0.940. The molecule has 0 saturated carbocycles. The summed E-state index contributed by atoms with van der Waals surface area (Å²) in [6, 6.07) is 3.79. The number of carboxylic acids is 1. The molecule has 0 fully saturated rings. The van der Waals surface area contributed by atoms with Gasteiger partial charge in [0.05, 0.1) is 0 Å². The lowest BCUT2D eigenvalue weighted by Crippen LogP contribution is -2.38. The van der Waals surface area contributed by atoms with Gasteiger partial charge in [-0.05, 0) is 25.5 Å². The summed E-state index contributed by atoms with van der Waals surface area (Å²) in [6.07, 6.45) is 1.29. The van der Waals surface area contributed by atoms with E-state index in [0.29, 0.717) is 16.5 Å². The van der Waals surface area contributed by atoms with Gasteiger partial charge in [0.2, 0.25) is 0 Å². The van der Waals surface area contributed by atoms with Crippen molar-refractivity contribution in [2.24, 2.45) is 0 Å². The third kappa shape index (κ3) is 4.07. The van der Waals surface area contributed by atoms with Crippen molar-refractivity contribution in [1.29, 1.82) is 0 Å². The van der Waals surface area contributed by atoms with E-state index in [0.717, 1.165) is 6.42 Å². The lowest BCUT2D eigenvalue weighted by atomic mass is 10.1. The molecule has 0 aliphatic carbocycles. The first-order valence-corrected chi connectivity index (χ1v) is 6.68. The molecule has 2 unspecified atom stereocenters. The minimum atomic E-state index is -0.902. The average molecular weight is 318 g/mol. The zero-order valence-electron chi connectivity index (χ0n) is 10.4. The molecule has 0 amide bonds. The molecule has 0 radical (unpaired) electrons. The Balaban J connectivity index is 2.80. The average Bonchev–Trinajstić information content (AvgIpc) is 2.27. The second-order valence-electron chi connectivity index (χ2n) is 4.23. The van der Waals surface area contributed by atoms with Crippen molar-refractivity contribution in [1.82, 2.24) is 5.32 Å². The Kier molecular flexibility index (Phi) is 5.75. The Bertz CT molecular complexity index is 425. The molecule has 0 heterocycles. The van der Waals surface area contributed by atoms with Crippen LogP contribution in [-0.4, -0.2) is 17.1 Å². The minimum absolute atomic E-state index is 0.342. The number of hydrogen-bond donors (Lipinski definition) is 2. The van der Waals surface area contributed by atoms with Crippen LogP contribution in [0.5, 0.6) is 0 Å². The zero-order valence-corrected chi connectivity index (χ0v) is 12.0. The van der Waals surface area contributed by atoms with Crippen molar-refractivity contribution in [2.75, 3.05) is 0 Å². The van der Waals surface area contributed by atoms with E-state index in [9.17, 15) is 9.18 Å². The first-order valence-electron chi connectivity index (χ1n) is 5.89. The van der Waals surface area contributed by atoms with Gasteiger partial charge in [0.15, 0.2) is 0 Å². The van der Waals surface area contributed by atoms with Crippen LogP contribution in [0, 0.1) is 5.82 Å². The summed E-state index contributed by atoms with van der Waals surface area (Å²) in [5.74, 6) is -1.24. The molecule has 1 rings (SSSR count). The van der Waals surface area contributed by atoms with Crippen molar-refractivity contribution in [2.45, 2.75) is 38.8 Å². The van der Waals surface area contributed by atoms with Gasteiger partial charge < -0.3 is 5.11 Å². The number of aliphatic carboxylic acids is 1. The predicted molar refractivity (Wildman–Crippen MR) is 72.0 cm³/mol. The van der Waals surface area contributed by atoms with Crippen LogP contribution in [-0.2, 0) is 4.79 Å². The van der Waals surface area contributed by atoms with Crippen molar-refractivity contribution < 1.29 is 14.3 Å². The van der Waals surface area contributed by atoms with Crippen LogP contribution in [0.2, 0.25) is 0 Å². The molecular formula is C13H17BrFNO2. The fourth-order valence-corrected chi connectivity index (χ4v) is 2.14. The lowest BCUT2D eigenvalue weighted by molar-refractivity contribution is -0.139. The van der Waals surface area contributed by atoms with E-state index in [1.54, 1.807) is 19.1 Å². The summed E-state index contributed by atoms with van der Waals surface area (Å²) in [7, 11) is 0. The summed E-state index contributed by atoms with van der Waals surface area (Å²) >= 11 is 3.19. The number of halogens is 2. The number of rotatable bonds is 6. The van der Waals surface area contributed by atoms with E-state index in [1.165, 1.54) is 6.07 Å². The maximum Gasteiger partial charge on any atom is 0.320 e. The van der Waals surface area contributed by atoms with E-state index < -0.39 is 12.0 Å². The van der Waals surface area contributed by atoms with Gasteiger partial charge in [-0.15, -0.1) is 0 Å². The van der Waals surface area contributed by atoms with E-state index in [1.807, 2.05) is 6.92 Å². The van der Waals surface area contributed by atoms with Crippen LogP contribution in [0.15, 0.2) is 22.7 Å². The Morgan fingerprint density at radius 2 is 2.22 bits per heavy atom. The standard InChI is InChI=1S/C13H17BrFNO2/c1-3-4-12(13(17)18)16-8(2)10-6-5-9(14)7-11(10)15/h5-8,12,16H,3-4H2,1-2H3,(H,17,18). The number of nitrogens with one attached hydrogen (secondary N) is 1. The van der Waals surface area contributed by atoms with Gasteiger partial charge in [-0.1, -0.05) is 35.3 Å². The highest BCUT2D eigenvalue weighted by atomic mass is 79.9. The molecule has 0 aromatic heterocycles. The minimum Gasteiger partial charge on any atom is -0.480 e. The van der Waals surface area contributed by atoms with Crippen molar-refractivity contribution in [3.63, 3.8) is 0 Å². The largest absolute Gasteiger partial charge is 0.480 e. The first-order chi connectivity index (χ1) is 8.45. The molecule has 2 N–H and O–H groups in total. The van der Waals surface area contributed by atoms with E-state index in [-0.39, 0.29) is 11.9 Å².